The van der Waals surface area contributed by atoms with Gasteiger partial charge in [0.1, 0.15) is 0 Å². The van der Waals surface area contributed by atoms with Crippen molar-refractivity contribution in [1.29, 1.82) is 0 Å². The summed E-state index contributed by atoms with van der Waals surface area (Å²) in [5.74, 6) is 0.506. The van der Waals surface area contributed by atoms with Crippen LogP contribution < -0.4 is 5.56 Å². The lowest BCUT2D eigenvalue weighted by Crippen LogP contribution is -2.21. The SMILES string of the molecule is Cn1ccc(-n2cccc(C=O)c2=O)n1. The first kappa shape index (κ1) is 9.39. The third-order valence-electron chi connectivity index (χ3n) is 2.05. The van der Waals surface area contributed by atoms with Crippen molar-refractivity contribution >= 4 is 6.29 Å². The van der Waals surface area contributed by atoms with Crippen molar-refractivity contribution in [1.82, 2.24) is 14.3 Å². The van der Waals surface area contributed by atoms with Crippen LogP contribution in [-0.4, -0.2) is 20.6 Å². The Morgan fingerprint density at radius 2 is 2.13 bits per heavy atom. The number of aldehydes is 1. The monoisotopic (exact) mass is 203 g/mol. The molecule has 2 aromatic rings. The van der Waals surface area contributed by atoms with Crippen LogP contribution in [0.3, 0.4) is 0 Å². The molecule has 76 valence electrons. The minimum atomic E-state index is -0.355. The van der Waals surface area contributed by atoms with Crippen LogP contribution in [0.2, 0.25) is 0 Å². The summed E-state index contributed by atoms with van der Waals surface area (Å²) in [4.78, 5) is 22.3. The van der Waals surface area contributed by atoms with Crippen LogP contribution in [0.25, 0.3) is 5.82 Å². The Hall–Kier alpha value is -2.17. The molecule has 0 aliphatic heterocycles. The molecule has 0 saturated heterocycles. The van der Waals surface area contributed by atoms with Gasteiger partial charge in [0.2, 0.25) is 0 Å². The van der Waals surface area contributed by atoms with E-state index in [1.54, 1.807) is 36.3 Å². The van der Waals surface area contributed by atoms with E-state index in [2.05, 4.69) is 5.10 Å². The minimum absolute atomic E-state index is 0.128. The first-order chi connectivity index (χ1) is 7.22. The predicted molar refractivity (Wildman–Crippen MR) is 54.2 cm³/mol. The Morgan fingerprint density at radius 1 is 1.33 bits per heavy atom. The first-order valence-corrected chi connectivity index (χ1v) is 4.39. The molecule has 0 bridgehead atoms. The topological polar surface area (TPSA) is 56.9 Å². The van der Waals surface area contributed by atoms with E-state index in [1.165, 1.54) is 10.6 Å². The molecule has 2 heterocycles. The maximum Gasteiger partial charge on any atom is 0.266 e. The zero-order chi connectivity index (χ0) is 10.8. The van der Waals surface area contributed by atoms with Gasteiger partial charge >= 0.3 is 0 Å². The number of hydrogen-bond donors (Lipinski definition) is 0. The Balaban J connectivity index is 2.63. The fourth-order valence-corrected chi connectivity index (χ4v) is 1.31. The molecule has 0 N–H and O–H groups in total. The molecule has 0 radical (unpaired) electrons. The van der Waals surface area contributed by atoms with Crippen LogP contribution in [0.15, 0.2) is 35.4 Å². The summed E-state index contributed by atoms with van der Waals surface area (Å²) in [5.41, 5.74) is -0.227. The molecule has 0 aliphatic rings. The Kier molecular flexibility index (Phi) is 2.21. The van der Waals surface area contributed by atoms with Gasteiger partial charge in [-0.15, -0.1) is 0 Å². The lowest BCUT2D eigenvalue weighted by Gasteiger charge is -2.00. The number of hydrogen-bond acceptors (Lipinski definition) is 3. The Bertz CT molecular complexity index is 554. The maximum absolute atomic E-state index is 11.7. The number of aromatic nitrogens is 3. The van der Waals surface area contributed by atoms with Gasteiger partial charge in [-0.2, -0.15) is 5.10 Å². The molecule has 15 heavy (non-hydrogen) atoms. The van der Waals surface area contributed by atoms with Gasteiger partial charge in [-0.05, 0) is 12.1 Å². The van der Waals surface area contributed by atoms with Gasteiger partial charge in [0.25, 0.3) is 5.56 Å². The number of carbonyl (C=O) groups is 1. The highest BCUT2D eigenvalue weighted by atomic mass is 16.1. The van der Waals surface area contributed by atoms with E-state index in [9.17, 15) is 9.59 Å². The van der Waals surface area contributed by atoms with Crippen LogP contribution in [0.4, 0.5) is 0 Å². The molecule has 0 atom stereocenters. The smallest absolute Gasteiger partial charge is 0.266 e. The molecule has 0 aromatic carbocycles. The van der Waals surface area contributed by atoms with Crippen molar-refractivity contribution in [2.45, 2.75) is 0 Å². The van der Waals surface area contributed by atoms with Crippen LogP contribution in [0.1, 0.15) is 10.4 Å². The average molecular weight is 203 g/mol. The van der Waals surface area contributed by atoms with Crippen LogP contribution in [0.5, 0.6) is 0 Å². The maximum atomic E-state index is 11.7. The van der Waals surface area contributed by atoms with Crippen molar-refractivity contribution in [3.8, 4) is 5.82 Å². The molecule has 0 saturated carbocycles. The second-order valence-electron chi connectivity index (χ2n) is 3.10. The lowest BCUT2D eigenvalue weighted by atomic mass is 10.3. The van der Waals surface area contributed by atoms with E-state index in [0.29, 0.717) is 12.1 Å². The molecule has 2 aromatic heterocycles. The highest BCUT2D eigenvalue weighted by Crippen LogP contribution is 2.00. The second-order valence-corrected chi connectivity index (χ2v) is 3.10. The van der Waals surface area contributed by atoms with Gasteiger partial charge in [0.05, 0.1) is 5.56 Å². The highest BCUT2D eigenvalue weighted by molar-refractivity contribution is 5.73. The van der Waals surface area contributed by atoms with Gasteiger partial charge in [0.15, 0.2) is 12.1 Å². The standard InChI is InChI=1S/C10H9N3O2/c1-12-6-4-9(11-12)13-5-2-3-8(7-14)10(13)15/h2-7H,1H3. The fraction of sp³-hybridized carbons (Fsp3) is 0.100. The molecule has 0 amide bonds. The summed E-state index contributed by atoms with van der Waals surface area (Å²) in [6.07, 6.45) is 3.86. The van der Waals surface area contributed by atoms with E-state index < -0.39 is 0 Å². The van der Waals surface area contributed by atoms with E-state index >= 15 is 0 Å². The van der Waals surface area contributed by atoms with Crippen LogP contribution in [-0.2, 0) is 7.05 Å². The summed E-state index contributed by atoms with van der Waals surface area (Å²) >= 11 is 0. The van der Waals surface area contributed by atoms with E-state index in [1.807, 2.05) is 0 Å². The molecule has 0 fully saturated rings. The van der Waals surface area contributed by atoms with Gasteiger partial charge < -0.3 is 0 Å². The molecule has 0 spiro atoms. The fourth-order valence-electron chi connectivity index (χ4n) is 1.31. The summed E-state index contributed by atoms with van der Waals surface area (Å²) < 4.78 is 2.93. The van der Waals surface area contributed by atoms with Gasteiger partial charge in [-0.25, -0.2) is 0 Å². The zero-order valence-corrected chi connectivity index (χ0v) is 8.12. The molecule has 0 unspecified atom stereocenters. The van der Waals surface area contributed by atoms with E-state index in [-0.39, 0.29) is 11.1 Å². The molecular weight excluding hydrogens is 194 g/mol. The number of rotatable bonds is 2. The van der Waals surface area contributed by atoms with Crippen molar-refractivity contribution in [3.63, 3.8) is 0 Å². The zero-order valence-electron chi connectivity index (χ0n) is 8.12. The highest BCUT2D eigenvalue weighted by Gasteiger charge is 2.05. The summed E-state index contributed by atoms with van der Waals surface area (Å²) in [6.45, 7) is 0. The molecule has 2 rings (SSSR count). The van der Waals surface area contributed by atoms with Gasteiger partial charge in [0, 0.05) is 25.5 Å². The summed E-state index contributed by atoms with van der Waals surface area (Å²) in [6, 6.07) is 4.82. The van der Waals surface area contributed by atoms with E-state index in [4.69, 9.17) is 0 Å². The van der Waals surface area contributed by atoms with E-state index in [0.717, 1.165) is 0 Å². The minimum Gasteiger partial charge on any atom is -0.298 e. The normalized spacial score (nSPS) is 10.2. The lowest BCUT2D eigenvalue weighted by molar-refractivity contribution is 0.112. The third kappa shape index (κ3) is 1.59. The summed E-state index contributed by atoms with van der Waals surface area (Å²) in [5, 5.41) is 4.08. The Morgan fingerprint density at radius 3 is 2.73 bits per heavy atom. The van der Waals surface area contributed by atoms with Gasteiger partial charge in [-0.3, -0.25) is 18.8 Å². The van der Waals surface area contributed by atoms with Crippen molar-refractivity contribution in [2.75, 3.05) is 0 Å². The number of nitrogens with zero attached hydrogens (tertiary/aromatic N) is 3. The first-order valence-electron chi connectivity index (χ1n) is 4.39. The van der Waals surface area contributed by atoms with Crippen molar-refractivity contribution < 1.29 is 4.79 Å². The van der Waals surface area contributed by atoms with Crippen LogP contribution >= 0.6 is 0 Å². The Labute approximate surface area is 85.6 Å². The van der Waals surface area contributed by atoms with Crippen LogP contribution in [0, 0.1) is 0 Å². The summed E-state index contributed by atoms with van der Waals surface area (Å²) in [7, 11) is 1.76. The number of carbonyl (C=O) groups excluding carboxylic acids is 1. The number of aryl methyl sites for hydroxylation is 1. The van der Waals surface area contributed by atoms with Crippen molar-refractivity contribution in [2.24, 2.45) is 7.05 Å². The quantitative estimate of drug-likeness (QED) is 0.663. The predicted octanol–water partition coefficient (Wildman–Crippen LogP) is 0.383. The largest absolute Gasteiger partial charge is 0.298 e. The average Bonchev–Trinajstić information content (AvgIpc) is 2.65. The molecule has 5 heteroatoms. The van der Waals surface area contributed by atoms with Crippen molar-refractivity contribution in [3.05, 3.63) is 46.5 Å². The number of pyridine rings is 1. The third-order valence-corrected chi connectivity index (χ3v) is 2.05. The van der Waals surface area contributed by atoms with Gasteiger partial charge in [-0.1, -0.05) is 0 Å². The second kappa shape index (κ2) is 3.53. The molecule has 0 aliphatic carbocycles. The molecular formula is C10H9N3O2. The molecule has 5 nitrogen and oxygen atoms in total.